The van der Waals surface area contributed by atoms with E-state index in [-0.39, 0.29) is 0 Å². The van der Waals surface area contributed by atoms with Gasteiger partial charge >= 0.3 is 0 Å². The lowest BCUT2D eigenvalue weighted by atomic mass is 10.0. The molecule has 5 heteroatoms. The van der Waals surface area contributed by atoms with E-state index in [0.29, 0.717) is 17.5 Å². The summed E-state index contributed by atoms with van der Waals surface area (Å²) >= 11 is 0. The number of nitrogens with zero attached hydrogens (tertiary/aromatic N) is 1. The molecule has 1 unspecified atom stereocenters. The standard InChI is InChI=1S/C17H28N2O3/c1-21-16-6-5-13(12-17(16)22-2)15(20)4-3-9-19-10-7-14(18)8-11-19/h5-6,12,14-15,20H,3-4,7-11,18H2,1-2H3. The molecule has 1 atom stereocenters. The van der Waals surface area contributed by atoms with Crippen molar-refractivity contribution in [3.05, 3.63) is 23.8 Å². The van der Waals surface area contributed by atoms with Crippen LogP contribution in [0.1, 0.15) is 37.4 Å². The lowest BCUT2D eigenvalue weighted by Gasteiger charge is -2.30. The first-order chi connectivity index (χ1) is 10.6. The van der Waals surface area contributed by atoms with Gasteiger partial charge in [0.15, 0.2) is 11.5 Å². The summed E-state index contributed by atoms with van der Waals surface area (Å²) in [7, 11) is 3.22. The molecule has 2 rings (SSSR count). The van der Waals surface area contributed by atoms with Crippen LogP contribution in [0.5, 0.6) is 11.5 Å². The Balaban J connectivity index is 1.80. The number of piperidine rings is 1. The summed E-state index contributed by atoms with van der Waals surface area (Å²) in [4.78, 5) is 2.44. The summed E-state index contributed by atoms with van der Waals surface area (Å²) in [6.45, 7) is 3.18. The number of aliphatic hydroxyl groups is 1. The quantitative estimate of drug-likeness (QED) is 0.806. The number of hydrogen-bond acceptors (Lipinski definition) is 5. The van der Waals surface area contributed by atoms with Crippen molar-refractivity contribution in [2.24, 2.45) is 5.73 Å². The number of likely N-dealkylation sites (tertiary alicyclic amines) is 1. The number of ether oxygens (including phenoxy) is 2. The molecule has 1 saturated heterocycles. The van der Waals surface area contributed by atoms with Gasteiger partial charge in [-0.15, -0.1) is 0 Å². The summed E-state index contributed by atoms with van der Waals surface area (Å²) in [5.41, 5.74) is 6.79. The van der Waals surface area contributed by atoms with Crippen molar-refractivity contribution in [1.82, 2.24) is 4.90 Å². The van der Waals surface area contributed by atoms with E-state index in [9.17, 15) is 5.11 Å². The average Bonchev–Trinajstić information content (AvgIpc) is 2.55. The Morgan fingerprint density at radius 2 is 1.91 bits per heavy atom. The van der Waals surface area contributed by atoms with Crippen LogP contribution in [0.3, 0.4) is 0 Å². The highest BCUT2D eigenvalue weighted by Gasteiger charge is 2.16. The van der Waals surface area contributed by atoms with E-state index in [1.165, 1.54) is 0 Å². The third-order valence-corrected chi connectivity index (χ3v) is 4.38. The first-order valence-corrected chi connectivity index (χ1v) is 8.02. The number of rotatable bonds is 7. The molecule has 0 aliphatic carbocycles. The molecule has 1 aromatic rings. The van der Waals surface area contributed by atoms with Gasteiger partial charge in [0.05, 0.1) is 20.3 Å². The molecule has 1 aromatic carbocycles. The summed E-state index contributed by atoms with van der Waals surface area (Å²) in [5, 5.41) is 10.3. The lowest BCUT2D eigenvalue weighted by Crippen LogP contribution is -2.40. The van der Waals surface area contributed by atoms with Crippen LogP contribution in [-0.2, 0) is 0 Å². The number of aliphatic hydroxyl groups excluding tert-OH is 1. The van der Waals surface area contributed by atoms with E-state index < -0.39 is 6.10 Å². The molecule has 0 saturated carbocycles. The van der Waals surface area contributed by atoms with Crippen molar-refractivity contribution in [2.75, 3.05) is 33.9 Å². The fourth-order valence-electron chi connectivity index (χ4n) is 2.91. The fraction of sp³-hybridized carbons (Fsp3) is 0.647. The second-order valence-corrected chi connectivity index (χ2v) is 5.95. The molecular formula is C17H28N2O3. The maximum absolute atomic E-state index is 10.3. The second-order valence-electron chi connectivity index (χ2n) is 5.95. The summed E-state index contributed by atoms with van der Waals surface area (Å²) in [6, 6.07) is 5.95. The van der Waals surface area contributed by atoms with Gasteiger partial charge in [0, 0.05) is 6.04 Å². The Morgan fingerprint density at radius 1 is 1.23 bits per heavy atom. The maximum atomic E-state index is 10.3. The molecular weight excluding hydrogens is 280 g/mol. The highest BCUT2D eigenvalue weighted by molar-refractivity contribution is 5.43. The number of benzene rings is 1. The monoisotopic (exact) mass is 308 g/mol. The lowest BCUT2D eigenvalue weighted by molar-refractivity contribution is 0.148. The molecule has 124 valence electrons. The molecule has 1 aliphatic heterocycles. The SMILES string of the molecule is COc1ccc(C(O)CCCN2CCC(N)CC2)cc1OC. The van der Waals surface area contributed by atoms with Crippen LogP contribution in [0, 0.1) is 0 Å². The fourth-order valence-corrected chi connectivity index (χ4v) is 2.91. The van der Waals surface area contributed by atoms with Gasteiger partial charge in [0.1, 0.15) is 0 Å². The van der Waals surface area contributed by atoms with Gasteiger partial charge in [0.2, 0.25) is 0 Å². The van der Waals surface area contributed by atoms with Crippen LogP contribution in [0.15, 0.2) is 18.2 Å². The van der Waals surface area contributed by atoms with Gasteiger partial charge < -0.3 is 25.2 Å². The third kappa shape index (κ3) is 4.60. The first-order valence-electron chi connectivity index (χ1n) is 8.02. The minimum Gasteiger partial charge on any atom is -0.493 e. The van der Waals surface area contributed by atoms with Gasteiger partial charge in [-0.2, -0.15) is 0 Å². The second kappa shape index (κ2) is 8.36. The zero-order valence-electron chi connectivity index (χ0n) is 13.6. The van der Waals surface area contributed by atoms with Crippen molar-refractivity contribution in [3.8, 4) is 11.5 Å². The summed E-state index contributed by atoms with van der Waals surface area (Å²) < 4.78 is 10.5. The van der Waals surface area contributed by atoms with Gasteiger partial charge in [-0.1, -0.05) is 6.07 Å². The van der Waals surface area contributed by atoms with E-state index in [2.05, 4.69) is 4.90 Å². The van der Waals surface area contributed by atoms with Gasteiger partial charge in [-0.05, 0) is 63.0 Å². The Bertz CT molecular complexity index is 459. The topological polar surface area (TPSA) is 68.0 Å². The summed E-state index contributed by atoms with van der Waals surface area (Å²) in [6.07, 6.45) is 3.42. The smallest absolute Gasteiger partial charge is 0.161 e. The highest BCUT2D eigenvalue weighted by Crippen LogP contribution is 2.31. The molecule has 3 N–H and O–H groups in total. The predicted octanol–water partition coefficient (Wildman–Crippen LogP) is 1.94. The van der Waals surface area contributed by atoms with E-state index in [1.54, 1.807) is 14.2 Å². The molecule has 0 bridgehead atoms. The Labute approximate surface area is 133 Å². The van der Waals surface area contributed by atoms with Crippen molar-refractivity contribution >= 4 is 0 Å². The number of hydrogen-bond donors (Lipinski definition) is 2. The minimum atomic E-state index is -0.466. The van der Waals surface area contributed by atoms with E-state index in [4.69, 9.17) is 15.2 Å². The molecule has 0 radical (unpaired) electrons. The van der Waals surface area contributed by atoms with E-state index in [0.717, 1.165) is 50.9 Å². The molecule has 1 aliphatic rings. The Morgan fingerprint density at radius 3 is 2.55 bits per heavy atom. The molecule has 5 nitrogen and oxygen atoms in total. The van der Waals surface area contributed by atoms with Gasteiger partial charge in [0.25, 0.3) is 0 Å². The minimum absolute atomic E-state index is 0.369. The van der Waals surface area contributed by atoms with Gasteiger partial charge in [-0.25, -0.2) is 0 Å². The normalized spacial score (nSPS) is 18.2. The molecule has 1 heterocycles. The molecule has 0 aromatic heterocycles. The highest BCUT2D eigenvalue weighted by atomic mass is 16.5. The van der Waals surface area contributed by atoms with Crippen molar-refractivity contribution in [3.63, 3.8) is 0 Å². The van der Waals surface area contributed by atoms with E-state index in [1.807, 2.05) is 18.2 Å². The molecule has 1 fully saturated rings. The maximum Gasteiger partial charge on any atom is 0.161 e. The van der Waals surface area contributed by atoms with Crippen LogP contribution in [0.25, 0.3) is 0 Å². The molecule has 0 spiro atoms. The van der Waals surface area contributed by atoms with E-state index >= 15 is 0 Å². The zero-order chi connectivity index (χ0) is 15.9. The Hall–Kier alpha value is -1.30. The van der Waals surface area contributed by atoms with Crippen LogP contribution in [0.2, 0.25) is 0 Å². The first kappa shape index (κ1) is 17.1. The number of methoxy groups -OCH3 is 2. The van der Waals surface area contributed by atoms with Crippen molar-refractivity contribution < 1.29 is 14.6 Å². The van der Waals surface area contributed by atoms with Crippen LogP contribution >= 0.6 is 0 Å². The summed E-state index contributed by atoms with van der Waals surface area (Å²) in [5.74, 6) is 1.34. The third-order valence-electron chi connectivity index (χ3n) is 4.38. The largest absolute Gasteiger partial charge is 0.493 e. The van der Waals surface area contributed by atoms with Crippen molar-refractivity contribution in [2.45, 2.75) is 37.8 Å². The van der Waals surface area contributed by atoms with Crippen LogP contribution < -0.4 is 15.2 Å². The predicted molar refractivity (Wildman–Crippen MR) is 87.4 cm³/mol. The van der Waals surface area contributed by atoms with Crippen LogP contribution in [-0.4, -0.2) is 49.9 Å². The van der Waals surface area contributed by atoms with Crippen molar-refractivity contribution in [1.29, 1.82) is 0 Å². The number of nitrogens with two attached hydrogens (primary N) is 1. The van der Waals surface area contributed by atoms with Crippen LogP contribution in [0.4, 0.5) is 0 Å². The Kier molecular flexibility index (Phi) is 6.49. The molecule has 22 heavy (non-hydrogen) atoms. The average molecular weight is 308 g/mol. The van der Waals surface area contributed by atoms with Gasteiger partial charge in [-0.3, -0.25) is 0 Å². The molecule has 0 amide bonds. The zero-order valence-corrected chi connectivity index (χ0v) is 13.6.